The Labute approximate surface area is 170 Å². The largest absolute Gasteiger partial charge is 0.387 e. The molecule has 2 aromatic rings. The normalized spacial score (nSPS) is 16.7. The van der Waals surface area contributed by atoms with Crippen molar-refractivity contribution in [3.8, 4) is 6.07 Å². The van der Waals surface area contributed by atoms with Gasteiger partial charge in [0, 0.05) is 25.6 Å². The molecule has 3 rings (SSSR count). The van der Waals surface area contributed by atoms with Crippen LogP contribution < -0.4 is 5.32 Å². The van der Waals surface area contributed by atoms with Crippen LogP contribution in [0.2, 0.25) is 0 Å². The van der Waals surface area contributed by atoms with E-state index in [9.17, 15) is 18.3 Å². The summed E-state index contributed by atoms with van der Waals surface area (Å²) in [5, 5.41) is 21.8. The van der Waals surface area contributed by atoms with Crippen molar-refractivity contribution >= 4 is 15.9 Å². The van der Waals surface area contributed by atoms with Crippen LogP contribution in [0.1, 0.15) is 30.1 Å². The second-order valence-corrected chi connectivity index (χ2v) is 8.92. The van der Waals surface area contributed by atoms with Gasteiger partial charge in [-0.2, -0.15) is 9.57 Å². The third-order valence-corrected chi connectivity index (χ3v) is 7.01. The van der Waals surface area contributed by atoms with E-state index < -0.39 is 16.1 Å². The first-order valence-corrected chi connectivity index (χ1v) is 10.9. The predicted molar refractivity (Wildman–Crippen MR) is 107 cm³/mol. The summed E-state index contributed by atoms with van der Waals surface area (Å²) in [5.74, 6) is -0.458. The Morgan fingerprint density at radius 1 is 1.14 bits per heavy atom. The Hall–Kier alpha value is -2.73. The lowest BCUT2D eigenvalue weighted by Gasteiger charge is -2.30. The van der Waals surface area contributed by atoms with E-state index in [1.165, 1.54) is 28.6 Å². The number of carbonyl (C=O) groups excluding carboxylic acids is 1. The van der Waals surface area contributed by atoms with Crippen LogP contribution in [-0.2, 0) is 14.8 Å². The number of sulfonamides is 1. The number of amides is 1. The Bertz CT molecular complexity index is 977. The zero-order valence-corrected chi connectivity index (χ0v) is 16.7. The number of piperidine rings is 1. The second kappa shape index (κ2) is 9.18. The number of benzene rings is 2. The molecule has 8 heteroatoms. The van der Waals surface area contributed by atoms with E-state index in [-0.39, 0.29) is 36.4 Å². The second-order valence-electron chi connectivity index (χ2n) is 6.99. The smallest absolute Gasteiger partial charge is 0.243 e. The van der Waals surface area contributed by atoms with Crippen molar-refractivity contribution in [1.82, 2.24) is 9.62 Å². The third kappa shape index (κ3) is 5.01. The van der Waals surface area contributed by atoms with Crippen molar-refractivity contribution < 1.29 is 18.3 Å². The van der Waals surface area contributed by atoms with E-state index in [1.54, 1.807) is 12.1 Å². The number of aliphatic hydroxyl groups excluding tert-OH is 1. The minimum atomic E-state index is -3.65. The van der Waals surface area contributed by atoms with Crippen LogP contribution in [0, 0.1) is 17.2 Å². The van der Waals surface area contributed by atoms with Gasteiger partial charge in [0.2, 0.25) is 15.9 Å². The van der Waals surface area contributed by atoms with Crippen LogP contribution in [0.15, 0.2) is 59.5 Å². The van der Waals surface area contributed by atoms with Gasteiger partial charge in [-0.05, 0) is 42.7 Å². The molecule has 152 valence electrons. The molecule has 0 saturated carbocycles. The maximum atomic E-state index is 12.7. The van der Waals surface area contributed by atoms with Crippen LogP contribution in [0.3, 0.4) is 0 Å². The van der Waals surface area contributed by atoms with Gasteiger partial charge in [0.1, 0.15) is 0 Å². The number of hydrogen-bond donors (Lipinski definition) is 2. The molecule has 0 aromatic heterocycles. The number of nitrogens with zero attached hydrogens (tertiary/aromatic N) is 2. The Kier molecular flexibility index (Phi) is 6.64. The standard InChI is InChI=1S/C21H23N3O4S/c22-14-16-6-8-19(9-7-16)29(27,28)24-12-10-18(11-13-24)21(26)23-15-20(25)17-4-2-1-3-5-17/h1-9,18,20,25H,10-13,15H2,(H,23,26). The van der Waals surface area contributed by atoms with Gasteiger partial charge < -0.3 is 10.4 Å². The Balaban J connectivity index is 1.52. The lowest BCUT2D eigenvalue weighted by molar-refractivity contribution is -0.126. The summed E-state index contributed by atoms with van der Waals surface area (Å²) in [6, 6.07) is 16.9. The van der Waals surface area contributed by atoms with E-state index in [1.807, 2.05) is 24.3 Å². The molecule has 1 heterocycles. The minimum Gasteiger partial charge on any atom is -0.387 e. The average molecular weight is 413 g/mol. The number of nitriles is 1. The maximum absolute atomic E-state index is 12.7. The van der Waals surface area contributed by atoms with Gasteiger partial charge >= 0.3 is 0 Å². The predicted octanol–water partition coefficient (Wildman–Crippen LogP) is 1.81. The minimum absolute atomic E-state index is 0.118. The van der Waals surface area contributed by atoms with Crippen molar-refractivity contribution in [2.45, 2.75) is 23.8 Å². The quantitative estimate of drug-likeness (QED) is 0.750. The highest BCUT2D eigenvalue weighted by molar-refractivity contribution is 7.89. The van der Waals surface area contributed by atoms with Crippen LogP contribution in [0.5, 0.6) is 0 Å². The molecule has 1 amide bonds. The van der Waals surface area contributed by atoms with Gasteiger partial charge in [-0.25, -0.2) is 8.42 Å². The fraction of sp³-hybridized carbons (Fsp3) is 0.333. The lowest BCUT2D eigenvalue weighted by atomic mass is 9.97. The SMILES string of the molecule is N#Cc1ccc(S(=O)(=O)N2CCC(C(=O)NCC(O)c3ccccc3)CC2)cc1. The van der Waals surface area contributed by atoms with Gasteiger partial charge in [0.25, 0.3) is 0 Å². The van der Waals surface area contributed by atoms with Gasteiger partial charge in [-0.1, -0.05) is 30.3 Å². The molecule has 1 aliphatic heterocycles. The van der Waals surface area contributed by atoms with Crippen molar-refractivity contribution in [2.75, 3.05) is 19.6 Å². The molecular weight excluding hydrogens is 390 g/mol. The van der Waals surface area contributed by atoms with Crippen LogP contribution >= 0.6 is 0 Å². The summed E-state index contributed by atoms with van der Waals surface area (Å²) in [7, 11) is -3.65. The van der Waals surface area contributed by atoms with E-state index in [4.69, 9.17) is 5.26 Å². The molecule has 0 aliphatic carbocycles. The highest BCUT2D eigenvalue weighted by Gasteiger charge is 2.32. The fourth-order valence-corrected chi connectivity index (χ4v) is 4.81. The molecule has 2 N–H and O–H groups in total. The molecule has 1 unspecified atom stereocenters. The Morgan fingerprint density at radius 2 is 1.76 bits per heavy atom. The Morgan fingerprint density at radius 3 is 2.34 bits per heavy atom. The average Bonchev–Trinajstić information content (AvgIpc) is 2.78. The number of nitrogens with one attached hydrogen (secondary N) is 1. The van der Waals surface area contributed by atoms with E-state index >= 15 is 0 Å². The summed E-state index contributed by atoms with van der Waals surface area (Å²) in [5.41, 5.74) is 1.13. The summed E-state index contributed by atoms with van der Waals surface area (Å²) in [4.78, 5) is 12.6. The summed E-state index contributed by atoms with van der Waals surface area (Å²) < 4.78 is 26.9. The summed E-state index contributed by atoms with van der Waals surface area (Å²) in [6.45, 7) is 0.621. The highest BCUT2D eigenvalue weighted by atomic mass is 32.2. The van der Waals surface area contributed by atoms with Crippen LogP contribution in [0.4, 0.5) is 0 Å². The van der Waals surface area contributed by atoms with Crippen molar-refractivity contribution in [3.63, 3.8) is 0 Å². The first-order chi connectivity index (χ1) is 13.9. The molecular formula is C21H23N3O4S. The first-order valence-electron chi connectivity index (χ1n) is 9.43. The molecule has 0 bridgehead atoms. The van der Waals surface area contributed by atoms with E-state index in [0.717, 1.165) is 5.56 Å². The zero-order chi connectivity index (χ0) is 20.9. The van der Waals surface area contributed by atoms with Crippen molar-refractivity contribution in [1.29, 1.82) is 5.26 Å². The zero-order valence-electron chi connectivity index (χ0n) is 15.9. The topological polar surface area (TPSA) is 111 Å². The van der Waals surface area contributed by atoms with Gasteiger partial charge in [-0.3, -0.25) is 4.79 Å². The number of aliphatic hydroxyl groups is 1. The molecule has 7 nitrogen and oxygen atoms in total. The highest BCUT2D eigenvalue weighted by Crippen LogP contribution is 2.24. The molecule has 0 spiro atoms. The fourth-order valence-electron chi connectivity index (χ4n) is 3.34. The van der Waals surface area contributed by atoms with Gasteiger partial charge in [0.15, 0.2) is 0 Å². The number of rotatable bonds is 6. The number of hydrogen-bond acceptors (Lipinski definition) is 5. The molecule has 1 aliphatic rings. The summed E-state index contributed by atoms with van der Waals surface area (Å²) >= 11 is 0. The van der Waals surface area contributed by atoms with Gasteiger partial charge in [-0.15, -0.1) is 0 Å². The lowest BCUT2D eigenvalue weighted by Crippen LogP contribution is -2.43. The van der Waals surface area contributed by atoms with Crippen LogP contribution in [0.25, 0.3) is 0 Å². The van der Waals surface area contributed by atoms with Crippen molar-refractivity contribution in [2.24, 2.45) is 5.92 Å². The number of carbonyl (C=O) groups is 1. The molecule has 1 atom stereocenters. The van der Waals surface area contributed by atoms with Crippen molar-refractivity contribution in [3.05, 3.63) is 65.7 Å². The van der Waals surface area contributed by atoms with Crippen LogP contribution in [-0.4, -0.2) is 43.4 Å². The van der Waals surface area contributed by atoms with E-state index in [0.29, 0.717) is 18.4 Å². The molecule has 2 aromatic carbocycles. The third-order valence-electron chi connectivity index (χ3n) is 5.10. The monoisotopic (exact) mass is 413 g/mol. The molecule has 0 radical (unpaired) electrons. The van der Waals surface area contributed by atoms with E-state index in [2.05, 4.69) is 5.32 Å². The first kappa shape index (κ1) is 21.0. The molecule has 1 fully saturated rings. The molecule has 1 saturated heterocycles. The maximum Gasteiger partial charge on any atom is 0.243 e. The summed E-state index contributed by atoms with van der Waals surface area (Å²) in [6.07, 6.45) is 0.0583. The molecule has 29 heavy (non-hydrogen) atoms. The van der Waals surface area contributed by atoms with Gasteiger partial charge in [0.05, 0.1) is 22.6 Å².